The molecule has 0 aliphatic carbocycles. The summed E-state index contributed by atoms with van der Waals surface area (Å²) < 4.78 is 5.18. The van der Waals surface area contributed by atoms with E-state index in [0.717, 1.165) is 12.8 Å². The van der Waals surface area contributed by atoms with Crippen LogP contribution in [0.3, 0.4) is 0 Å². The van der Waals surface area contributed by atoms with Gasteiger partial charge < -0.3 is 9.94 Å². The van der Waals surface area contributed by atoms with Crippen molar-refractivity contribution >= 4 is 17.3 Å². The predicted molar refractivity (Wildman–Crippen MR) is 107 cm³/mol. The normalized spacial score (nSPS) is 11.4. The summed E-state index contributed by atoms with van der Waals surface area (Å²) in [5.74, 6) is 0.154. The summed E-state index contributed by atoms with van der Waals surface area (Å²) >= 11 is 0. The molecule has 0 aromatic heterocycles. The largest absolute Gasteiger partial charge is 0.594 e. The highest BCUT2D eigenvalue weighted by Crippen LogP contribution is 2.22. The number of carbonyl (C=O) groups is 1. The van der Waals surface area contributed by atoms with Crippen molar-refractivity contribution in [2.45, 2.75) is 58.8 Å². The number of ether oxygens (including phenoxy) is 1. The zero-order chi connectivity index (χ0) is 19.5. The van der Waals surface area contributed by atoms with Crippen LogP contribution in [0, 0.1) is 5.21 Å². The summed E-state index contributed by atoms with van der Waals surface area (Å²) in [7, 11) is 0. The summed E-state index contributed by atoms with van der Waals surface area (Å²) in [5, 5.41) is 16.3. The second-order valence-electron chi connectivity index (χ2n) is 6.57. The Kier molecular flexibility index (Phi) is 8.49. The van der Waals surface area contributed by atoms with Gasteiger partial charge in [0.1, 0.15) is 11.4 Å². The Morgan fingerprint density at radius 3 is 2.30 bits per heavy atom. The Hall–Kier alpha value is -2.69. The van der Waals surface area contributed by atoms with Gasteiger partial charge in [-0.15, -0.1) is 0 Å². The monoisotopic (exact) mass is 368 g/mol. The average molecular weight is 368 g/mol. The van der Waals surface area contributed by atoms with Crippen molar-refractivity contribution in [2.24, 2.45) is 5.11 Å². The minimum atomic E-state index is -0.274. The molecule has 0 saturated heterocycles. The zero-order valence-electron chi connectivity index (χ0n) is 16.2. The molecule has 0 bridgehead atoms. The molecule has 2 rings (SSSR count). The van der Waals surface area contributed by atoms with Gasteiger partial charge in [0.05, 0.1) is 0 Å². The van der Waals surface area contributed by atoms with Gasteiger partial charge in [-0.1, -0.05) is 50.1 Å². The van der Waals surface area contributed by atoms with Crippen LogP contribution >= 0.6 is 0 Å². The maximum atomic E-state index is 12.2. The van der Waals surface area contributed by atoms with Crippen LogP contribution < -0.4 is 4.74 Å². The van der Waals surface area contributed by atoms with Crippen LogP contribution in [-0.2, 0) is 11.2 Å². The van der Waals surface area contributed by atoms with Gasteiger partial charge in [0.25, 0.3) is 0 Å². The number of azo groups is 1. The van der Waals surface area contributed by atoms with Crippen molar-refractivity contribution in [2.75, 3.05) is 0 Å². The number of rotatable bonds is 10. The molecular weight excluding hydrogens is 340 g/mol. The summed E-state index contributed by atoms with van der Waals surface area (Å²) in [6.45, 7) is 4.12. The molecule has 0 aliphatic heterocycles. The number of hydrogen-bond donors (Lipinski definition) is 0. The second-order valence-corrected chi connectivity index (χ2v) is 6.57. The molecule has 144 valence electrons. The summed E-state index contributed by atoms with van der Waals surface area (Å²) in [6, 6.07) is 14.2. The fourth-order valence-corrected chi connectivity index (χ4v) is 2.68. The van der Waals surface area contributed by atoms with Crippen LogP contribution in [0.25, 0.3) is 0 Å². The van der Waals surface area contributed by atoms with Crippen LogP contribution in [0.1, 0.15) is 57.9 Å². The van der Waals surface area contributed by atoms with E-state index in [9.17, 15) is 10.0 Å². The van der Waals surface area contributed by atoms with E-state index in [0.29, 0.717) is 28.4 Å². The lowest BCUT2D eigenvalue weighted by atomic mass is 10.1. The van der Waals surface area contributed by atoms with E-state index in [-0.39, 0.29) is 5.97 Å². The first-order valence-electron chi connectivity index (χ1n) is 9.71. The van der Waals surface area contributed by atoms with Gasteiger partial charge >= 0.3 is 5.97 Å². The third-order valence-electron chi connectivity index (χ3n) is 4.21. The molecule has 5 heteroatoms. The van der Waals surface area contributed by atoms with Crippen molar-refractivity contribution in [3.63, 3.8) is 0 Å². The lowest BCUT2D eigenvalue weighted by Crippen LogP contribution is -2.06. The van der Waals surface area contributed by atoms with Crippen molar-refractivity contribution in [1.29, 1.82) is 0 Å². The smallest absolute Gasteiger partial charge is 0.311 e. The van der Waals surface area contributed by atoms with E-state index in [1.807, 2.05) is 31.2 Å². The molecule has 0 saturated carbocycles. The summed E-state index contributed by atoms with van der Waals surface area (Å²) in [5.41, 5.74) is 2.26. The summed E-state index contributed by atoms with van der Waals surface area (Å²) in [4.78, 5) is 12.1. The molecule has 0 aliphatic rings. The number of aryl methyl sites for hydroxylation is 1. The molecule has 2 aromatic rings. The topological polar surface area (TPSA) is 64.7 Å². The maximum absolute atomic E-state index is 12.2. The molecule has 0 amide bonds. The zero-order valence-corrected chi connectivity index (χ0v) is 16.2. The molecular formula is C22H28N2O3. The fourth-order valence-electron chi connectivity index (χ4n) is 2.68. The number of unbranched alkanes of at least 4 members (excludes halogenated alkanes) is 3. The lowest BCUT2D eigenvalue weighted by molar-refractivity contribution is -0.435. The van der Waals surface area contributed by atoms with E-state index < -0.39 is 0 Å². The van der Waals surface area contributed by atoms with E-state index in [1.54, 1.807) is 24.3 Å². The molecule has 0 unspecified atom stereocenters. The van der Waals surface area contributed by atoms with Crippen molar-refractivity contribution in [3.05, 3.63) is 59.3 Å². The quantitative estimate of drug-likeness (QED) is 0.121. The molecule has 0 heterocycles. The van der Waals surface area contributed by atoms with E-state index >= 15 is 0 Å². The van der Waals surface area contributed by atoms with Gasteiger partial charge in [-0.2, -0.15) is 0 Å². The van der Waals surface area contributed by atoms with Gasteiger partial charge in [-0.05, 0) is 49.1 Å². The average Bonchev–Trinajstić information content (AvgIpc) is 2.67. The number of nitrogens with zero attached hydrogens (tertiary/aromatic N) is 2. The van der Waals surface area contributed by atoms with Gasteiger partial charge in [-0.25, -0.2) is 0 Å². The second kappa shape index (κ2) is 11.1. The van der Waals surface area contributed by atoms with Crippen LogP contribution in [0.4, 0.5) is 11.4 Å². The molecule has 0 radical (unpaired) electrons. The van der Waals surface area contributed by atoms with Crippen molar-refractivity contribution < 1.29 is 14.4 Å². The molecule has 0 fully saturated rings. The first kappa shape index (κ1) is 20.6. The number of benzene rings is 2. The van der Waals surface area contributed by atoms with Gasteiger partial charge in [0.15, 0.2) is 0 Å². The molecule has 2 aromatic carbocycles. The number of esters is 1. The summed E-state index contributed by atoms with van der Waals surface area (Å²) in [6.07, 6.45) is 7.11. The van der Waals surface area contributed by atoms with E-state index in [2.05, 4.69) is 12.0 Å². The Morgan fingerprint density at radius 2 is 1.67 bits per heavy atom. The molecule has 0 spiro atoms. The Labute approximate surface area is 161 Å². The Balaban J connectivity index is 1.94. The molecule has 0 atom stereocenters. The first-order chi connectivity index (χ1) is 13.1. The lowest BCUT2D eigenvalue weighted by Gasteiger charge is -2.04. The highest BCUT2D eigenvalue weighted by molar-refractivity contribution is 5.72. The van der Waals surface area contributed by atoms with E-state index in [1.165, 1.54) is 31.2 Å². The van der Waals surface area contributed by atoms with Gasteiger partial charge in [-0.3, -0.25) is 4.79 Å². The van der Waals surface area contributed by atoms with Gasteiger partial charge in [0, 0.05) is 23.7 Å². The van der Waals surface area contributed by atoms with Crippen LogP contribution in [0.15, 0.2) is 53.6 Å². The number of hydrogen-bond acceptors (Lipinski definition) is 4. The predicted octanol–water partition coefficient (Wildman–Crippen LogP) is 6.44. The number of carbonyl (C=O) groups excluding carboxylic acids is 1. The highest BCUT2D eigenvalue weighted by Gasteiger charge is 2.07. The minimum absolute atomic E-state index is 0.274. The van der Waals surface area contributed by atoms with Crippen LogP contribution in [0.5, 0.6) is 5.75 Å². The van der Waals surface area contributed by atoms with E-state index in [4.69, 9.17) is 4.74 Å². The third-order valence-corrected chi connectivity index (χ3v) is 4.21. The Morgan fingerprint density at radius 1 is 0.963 bits per heavy atom. The standard InChI is InChI=1S/C22H28N2O3/c1-3-5-6-7-9-18-10-12-19(13-11-18)23-24(26)20-14-16-21(17-15-20)27-22(25)8-4-2/h10-17H,3-9H2,1-2H3. The SMILES string of the molecule is CCCCCCc1ccc(N=[N+]([O-])c2ccc(OC(=O)CCC)cc2)cc1. The highest BCUT2D eigenvalue weighted by atomic mass is 16.5. The van der Waals surface area contributed by atoms with Gasteiger partial charge in [0.2, 0.25) is 5.69 Å². The molecule has 0 N–H and O–H groups in total. The van der Waals surface area contributed by atoms with Crippen LogP contribution in [0.2, 0.25) is 0 Å². The fraction of sp³-hybridized carbons (Fsp3) is 0.409. The van der Waals surface area contributed by atoms with Crippen molar-refractivity contribution in [3.8, 4) is 5.75 Å². The molecule has 5 nitrogen and oxygen atoms in total. The first-order valence-corrected chi connectivity index (χ1v) is 9.71. The third kappa shape index (κ3) is 7.21. The van der Waals surface area contributed by atoms with Crippen LogP contribution in [-0.4, -0.2) is 10.8 Å². The van der Waals surface area contributed by atoms with Crippen molar-refractivity contribution in [1.82, 2.24) is 0 Å². The maximum Gasteiger partial charge on any atom is 0.311 e. The minimum Gasteiger partial charge on any atom is -0.594 e. The Bertz CT molecular complexity index is 737. The molecule has 27 heavy (non-hydrogen) atoms.